The van der Waals surface area contributed by atoms with Gasteiger partial charge in [0.05, 0.1) is 0 Å². The molecule has 3 rings (SSSR count). The van der Waals surface area contributed by atoms with E-state index in [0.717, 1.165) is 41.8 Å². The van der Waals surface area contributed by atoms with Gasteiger partial charge in [0, 0.05) is 22.3 Å². The smallest absolute Gasteiger partial charge is 0.211 e. The Morgan fingerprint density at radius 2 is 0.927 bits per heavy atom. The maximum Gasteiger partial charge on any atom is 0.211 e. The molecular formula is C39H58N2. The number of unbranched alkanes of at least 4 members (excludes halogenated alkanes) is 13. The third-order valence-electron chi connectivity index (χ3n) is 8.84. The van der Waals surface area contributed by atoms with Crippen LogP contribution in [0.3, 0.4) is 0 Å². The zero-order valence-electron chi connectivity index (χ0n) is 26.9. The lowest BCUT2D eigenvalue weighted by Gasteiger charge is -2.12. The first-order valence-electron chi connectivity index (χ1n) is 17.2. The van der Waals surface area contributed by atoms with Crippen molar-refractivity contribution >= 4 is 11.4 Å². The summed E-state index contributed by atoms with van der Waals surface area (Å²) in [7, 11) is 0. The van der Waals surface area contributed by atoms with Crippen LogP contribution >= 0.6 is 0 Å². The largest absolute Gasteiger partial charge is 0.493 e. The molecule has 1 aliphatic rings. The van der Waals surface area contributed by atoms with E-state index < -0.39 is 0 Å². The molecule has 41 heavy (non-hydrogen) atoms. The molecule has 0 aromatic heterocycles. The van der Waals surface area contributed by atoms with Crippen molar-refractivity contribution < 1.29 is 4.70 Å². The van der Waals surface area contributed by atoms with Crippen LogP contribution in [0, 0.1) is 0 Å². The van der Waals surface area contributed by atoms with Crippen LogP contribution in [0.25, 0.3) is 16.9 Å². The molecule has 1 heterocycles. The van der Waals surface area contributed by atoms with E-state index in [1.165, 1.54) is 130 Å². The van der Waals surface area contributed by atoms with Crippen LogP contribution in [-0.2, 0) is 12.8 Å². The average molecular weight is 555 g/mol. The second-order valence-electron chi connectivity index (χ2n) is 12.4. The van der Waals surface area contributed by atoms with Crippen molar-refractivity contribution in [1.82, 2.24) is 0 Å². The fraction of sp³-hybridized carbons (Fsp3) is 0.590. The summed E-state index contributed by atoms with van der Waals surface area (Å²) >= 11 is 0. The Hall–Kier alpha value is -2.48. The van der Waals surface area contributed by atoms with Gasteiger partial charge >= 0.3 is 0 Å². The maximum atomic E-state index is 11.8. The Bertz CT molecular complexity index is 1140. The highest BCUT2D eigenvalue weighted by Gasteiger charge is 2.33. The van der Waals surface area contributed by atoms with Gasteiger partial charge in [0.15, 0.2) is 0 Å². The standard InChI is InChI=1S/C39H58N2/c1-5-8-11-14-16-18-23-33-25-21-27-35(30-33)38-32(4)37(29-20-13-10-7-3)39(41(38)40)36-28-22-26-34(31-36)24-19-17-15-12-9-6-2/h21-22,25-28,30-31H,5-20,23-24,29H2,1-4H3. The third kappa shape index (κ3) is 10.4. The molecule has 0 N–H and O–H groups in total. The molecule has 0 amide bonds. The number of benzene rings is 2. The summed E-state index contributed by atoms with van der Waals surface area (Å²) in [5.74, 6) is 0. The second-order valence-corrected chi connectivity index (χ2v) is 12.4. The quantitative estimate of drug-likeness (QED) is 0.108. The summed E-state index contributed by atoms with van der Waals surface area (Å²) in [5.41, 5.74) is 21.4. The van der Waals surface area contributed by atoms with Gasteiger partial charge in [-0.05, 0) is 80.8 Å². The van der Waals surface area contributed by atoms with Gasteiger partial charge < -0.3 is 5.53 Å². The molecule has 0 saturated carbocycles. The summed E-state index contributed by atoms with van der Waals surface area (Å²) in [6.45, 7) is 9.05. The number of allylic oxidation sites excluding steroid dienone is 2. The van der Waals surface area contributed by atoms with Crippen molar-refractivity contribution in [2.75, 3.05) is 0 Å². The monoisotopic (exact) mass is 554 g/mol. The normalized spacial score (nSPS) is 13.6. The number of nitrogens with zero attached hydrogens (tertiary/aromatic N) is 2. The van der Waals surface area contributed by atoms with E-state index in [4.69, 9.17) is 0 Å². The van der Waals surface area contributed by atoms with Crippen molar-refractivity contribution in [3.63, 3.8) is 0 Å². The van der Waals surface area contributed by atoms with Crippen LogP contribution in [-0.4, -0.2) is 4.70 Å². The Morgan fingerprint density at radius 3 is 1.44 bits per heavy atom. The molecule has 2 aromatic rings. The topological polar surface area (TPSA) is 25.3 Å². The van der Waals surface area contributed by atoms with Gasteiger partial charge in [0.2, 0.25) is 11.4 Å². The lowest BCUT2D eigenvalue weighted by atomic mass is 9.94. The number of rotatable bonds is 21. The lowest BCUT2D eigenvalue weighted by Crippen LogP contribution is -2.03. The van der Waals surface area contributed by atoms with Crippen molar-refractivity contribution in [2.45, 2.75) is 150 Å². The summed E-state index contributed by atoms with van der Waals surface area (Å²) in [4.78, 5) is 0. The Morgan fingerprint density at radius 1 is 0.512 bits per heavy atom. The van der Waals surface area contributed by atoms with Crippen LogP contribution in [0.4, 0.5) is 0 Å². The SMILES string of the molecule is CCCCCCCCc1cccc(C2=C(C)C(CCCCCC)=C(c3cccc(CCCCCCCC)c3)[N+]2=[N-])c1. The van der Waals surface area contributed by atoms with E-state index in [1.54, 1.807) is 0 Å². The van der Waals surface area contributed by atoms with Crippen LogP contribution < -0.4 is 0 Å². The predicted octanol–water partition coefficient (Wildman–Crippen LogP) is 12.7. The van der Waals surface area contributed by atoms with Gasteiger partial charge in [0.1, 0.15) is 0 Å². The van der Waals surface area contributed by atoms with Gasteiger partial charge in [-0.2, -0.15) is 0 Å². The summed E-state index contributed by atoms with van der Waals surface area (Å²) in [6.07, 6.45) is 24.0. The second kappa shape index (κ2) is 18.9. The summed E-state index contributed by atoms with van der Waals surface area (Å²) in [5, 5.41) is 0. The maximum absolute atomic E-state index is 11.8. The van der Waals surface area contributed by atoms with Crippen molar-refractivity contribution in [3.05, 3.63) is 87.5 Å². The van der Waals surface area contributed by atoms with Crippen LogP contribution in [0.5, 0.6) is 0 Å². The Balaban J connectivity index is 1.78. The van der Waals surface area contributed by atoms with Gasteiger partial charge in [-0.25, -0.2) is 4.70 Å². The van der Waals surface area contributed by atoms with Crippen molar-refractivity contribution in [2.24, 2.45) is 0 Å². The van der Waals surface area contributed by atoms with Gasteiger partial charge in [-0.15, -0.1) is 0 Å². The predicted molar refractivity (Wildman–Crippen MR) is 179 cm³/mol. The highest BCUT2D eigenvalue weighted by molar-refractivity contribution is 5.81. The molecule has 0 fully saturated rings. The fourth-order valence-corrected chi connectivity index (χ4v) is 6.36. The number of aryl methyl sites for hydroxylation is 2. The van der Waals surface area contributed by atoms with Gasteiger partial charge in [-0.3, -0.25) is 0 Å². The van der Waals surface area contributed by atoms with E-state index >= 15 is 0 Å². The first-order valence-corrected chi connectivity index (χ1v) is 17.2. The molecule has 0 saturated heterocycles. The van der Waals surface area contributed by atoms with Crippen molar-refractivity contribution in [1.29, 1.82) is 0 Å². The first-order chi connectivity index (χ1) is 20.1. The van der Waals surface area contributed by atoms with E-state index in [1.807, 2.05) is 0 Å². The molecule has 2 heteroatoms. The molecule has 224 valence electrons. The Labute approximate surface area is 252 Å². The molecule has 0 spiro atoms. The number of hydrogen-bond donors (Lipinski definition) is 0. The molecule has 0 aliphatic carbocycles. The zero-order valence-corrected chi connectivity index (χ0v) is 26.9. The molecule has 2 aromatic carbocycles. The van der Waals surface area contributed by atoms with E-state index in [2.05, 4.69) is 76.2 Å². The zero-order chi connectivity index (χ0) is 29.3. The summed E-state index contributed by atoms with van der Waals surface area (Å²) in [6, 6.07) is 17.9. The van der Waals surface area contributed by atoms with Gasteiger partial charge in [-0.1, -0.05) is 129 Å². The Kier molecular flexibility index (Phi) is 15.2. The lowest BCUT2D eigenvalue weighted by molar-refractivity contribution is -0.345. The molecule has 0 bridgehead atoms. The molecule has 1 aliphatic heterocycles. The molecule has 0 unspecified atom stereocenters. The molecule has 2 nitrogen and oxygen atoms in total. The van der Waals surface area contributed by atoms with E-state index in [-0.39, 0.29) is 0 Å². The minimum Gasteiger partial charge on any atom is -0.493 e. The third-order valence-corrected chi connectivity index (χ3v) is 8.84. The summed E-state index contributed by atoms with van der Waals surface area (Å²) < 4.78 is 1.53. The van der Waals surface area contributed by atoms with Crippen LogP contribution in [0.2, 0.25) is 0 Å². The van der Waals surface area contributed by atoms with E-state index in [0.29, 0.717) is 0 Å². The molecule has 0 atom stereocenters. The first kappa shape index (κ1) is 33.0. The minimum absolute atomic E-state index is 0.969. The van der Waals surface area contributed by atoms with Crippen molar-refractivity contribution in [3.8, 4) is 0 Å². The molecular weight excluding hydrogens is 496 g/mol. The average Bonchev–Trinajstić information content (AvgIpc) is 3.23. The highest BCUT2D eigenvalue weighted by atomic mass is 15.2. The van der Waals surface area contributed by atoms with Gasteiger partial charge in [0.25, 0.3) is 0 Å². The van der Waals surface area contributed by atoms with Crippen LogP contribution in [0.15, 0.2) is 59.7 Å². The number of hydrogen-bond acceptors (Lipinski definition) is 0. The minimum atomic E-state index is 0.969. The fourth-order valence-electron chi connectivity index (χ4n) is 6.36. The van der Waals surface area contributed by atoms with E-state index in [9.17, 15) is 5.53 Å². The molecule has 0 radical (unpaired) electrons. The highest BCUT2D eigenvalue weighted by Crippen LogP contribution is 2.42. The van der Waals surface area contributed by atoms with Crippen LogP contribution in [0.1, 0.15) is 159 Å².